The molecule has 0 radical (unpaired) electrons. The number of benzene rings is 2. The molecule has 2 N–H and O–H groups in total. The maximum atomic E-state index is 12.0. The van der Waals surface area contributed by atoms with Crippen molar-refractivity contribution in [2.45, 2.75) is 13.0 Å². The van der Waals surface area contributed by atoms with E-state index in [4.69, 9.17) is 14.2 Å². The first-order valence-electron chi connectivity index (χ1n) is 8.47. The van der Waals surface area contributed by atoms with E-state index in [0.29, 0.717) is 17.2 Å². The highest BCUT2D eigenvalue weighted by molar-refractivity contribution is 5.93. The minimum Gasteiger partial charge on any atom is -0.497 e. The van der Waals surface area contributed by atoms with Crippen LogP contribution in [0.5, 0.6) is 11.5 Å². The highest BCUT2D eigenvalue weighted by atomic mass is 16.5. The van der Waals surface area contributed by atoms with Crippen LogP contribution in [0.3, 0.4) is 0 Å². The number of carbonyl (C=O) groups is 2. The molecule has 0 fully saturated rings. The molecule has 0 aliphatic rings. The Morgan fingerprint density at radius 2 is 1.67 bits per heavy atom. The lowest BCUT2D eigenvalue weighted by Crippen LogP contribution is -2.31. The molecule has 7 heteroatoms. The van der Waals surface area contributed by atoms with Crippen molar-refractivity contribution in [3.63, 3.8) is 0 Å². The predicted molar refractivity (Wildman–Crippen MR) is 102 cm³/mol. The first-order chi connectivity index (χ1) is 13.0. The van der Waals surface area contributed by atoms with Gasteiger partial charge in [0.25, 0.3) is 0 Å². The van der Waals surface area contributed by atoms with E-state index < -0.39 is 0 Å². The summed E-state index contributed by atoms with van der Waals surface area (Å²) >= 11 is 0. The topological polar surface area (TPSA) is 85.9 Å². The van der Waals surface area contributed by atoms with E-state index in [1.54, 1.807) is 25.3 Å². The normalized spacial score (nSPS) is 11.4. The fraction of sp³-hybridized carbons (Fsp3) is 0.300. The molecule has 0 aliphatic carbocycles. The standard InChI is InChI=1S/C20H24N2O5/c1-14(15-7-5-4-6-8-15)21-19(23)12-27-13-20(24)22-17-10-9-16(25-2)11-18(17)26-3/h4-11,14H,12-13H2,1-3H3,(H,21,23)(H,22,24)/t14-/m1/s1. The van der Waals surface area contributed by atoms with Gasteiger partial charge in [-0.1, -0.05) is 30.3 Å². The average molecular weight is 372 g/mol. The molecule has 0 spiro atoms. The zero-order valence-electron chi connectivity index (χ0n) is 15.7. The molecule has 2 aromatic rings. The molecule has 1 atom stereocenters. The third-order valence-corrected chi connectivity index (χ3v) is 3.83. The van der Waals surface area contributed by atoms with E-state index >= 15 is 0 Å². The smallest absolute Gasteiger partial charge is 0.250 e. The second-order valence-corrected chi connectivity index (χ2v) is 5.81. The molecule has 2 amide bonds. The second kappa shape index (κ2) is 10.2. The maximum Gasteiger partial charge on any atom is 0.250 e. The lowest BCUT2D eigenvalue weighted by atomic mass is 10.1. The number of carbonyl (C=O) groups excluding carboxylic acids is 2. The molecule has 27 heavy (non-hydrogen) atoms. The Morgan fingerprint density at radius 1 is 0.963 bits per heavy atom. The van der Waals surface area contributed by atoms with Crippen LogP contribution < -0.4 is 20.1 Å². The number of amides is 2. The van der Waals surface area contributed by atoms with Crippen molar-refractivity contribution in [3.8, 4) is 11.5 Å². The highest BCUT2D eigenvalue weighted by Gasteiger charge is 2.12. The van der Waals surface area contributed by atoms with Crippen molar-refractivity contribution >= 4 is 17.5 Å². The van der Waals surface area contributed by atoms with Crippen LogP contribution in [0.25, 0.3) is 0 Å². The predicted octanol–water partition coefficient (Wildman–Crippen LogP) is 2.54. The molecule has 0 unspecified atom stereocenters. The zero-order valence-corrected chi connectivity index (χ0v) is 15.7. The molecule has 144 valence electrons. The molecule has 2 aromatic carbocycles. The number of ether oxygens (including phenoxy) is 3. The lowest BCUT2D eigenvalue weighted by Gasteiger charge is -2.14. The van der Waals surface area contributed by atoms with Crippen molar-refractivity contribution < 1.29 is 23.8 Å². The SMILES string of the molecule is COc1ccc(NC(=O)COCC(=O)N[C@H](C)c2ccccc2)c(OC)c1. The minimum absolute atomic E-state index is 0.139. The molecule has 2 rings (SSSR count). The summed E-state index contributed by atoms with van der Waals surface area (Å²) in [5, 5.41) is 5.50. The molecule has 0 saturated heterocycles. The Hall–Kier alpha value is -3.06. The Labute approximate surface area is 158 Å². The van der Waals surface area contributed by atoms with Crippen LogP contribution in [0, 0.1) is 0 Å². The summed E-state index contributed by atoms with van der Waals surface area (Å²) in [6, 6.07) is 14.5. The van der Waals surface area contributed by atoms with Crippen LogP contribution in [0.2, 0.25) is 0 Å². The maximum absolute atomic E-state index is 12.0. The monoisotopic (exact) mass is 372 g/mol. The Morgan fingerprint density at radius 3 is 2.33 bits per heavy atom. The first-order valence-corrected chi connectivity index (χ1v) is 8.47. The molecule has 0 aliphatic heterocycles. The lowest BCUT2D eigenvalue weighted by molar-refractivity contribution is -0.129. The van der Waals surface area contributed by atoms with E-state index in [2.05, 4.69) is 10.6 Å². The van der Waals surface area contributed by atoms with E-state index in [1.165, 1.54) is 7.11 Å². The van der Waals surface area contributed by atoms with Crippen molar-refractivity contribution in [2.75, 3.05) is 32.8 Å². The molecule has 0 bridgehead atoms. The van der Waals surface area contributed by atoms with Crippen LogP contribution in [0.1, 0.15) is 18.5 Å². The Kier molecular flexibility index (Phi) is 7.63. The quantitative estimate of drug-likeness (QED) is 0.706. The Balaban J connectivity index is 1.76. The van der Waals surface area contributed by atoms with Crippen LogP contribution in [0.15, 0.2) is 48.5 Å². The largest absolute Gasteiger partial charge is 0.497 e. The van der Waals surface area contributed by atoms with Crippen LogP contribution >= 0.6 is 0 Å². The van der Waals surface area contributed by atoms with E-state index in [0.717, 1.165) is 5.56 Å². The number of rotatable bonds is 9. The number of hydrogen-bond acceptors (Lipinski definition) is 5. The summed E-state index contributed by atoms with van der Waals surface area (Å²) in [4.78, 5) is 23.9. The first kappa shape index (κ1) is 20.3. The molecular weight excluding hydrogens is 348 g/mol. The van der Waals surface area contributed by atoms with Gasteiger partial charge < -0.3 is 24.8 Å². The second-order valence-electron chi connectivity index (χ2n) is 5.81. The van der Waals surface area contributed by atoms with E-state index in [-0.39, 0.29) is 31.1 Å². The number of hydrogen-bond donors (Lipinski definition) is 2. The average Bonchev–Trinajstić information content (AvgIpc) is 2.68. The van der Waals surface area contributed by atoms with Crippen molar-refractivity contribution in [1.82, 2.24) is 5.32 Å². The summed E-state index contributed by atoms with van der Waals surface area (Å²) in [6.45, 7) is 1.43. The Bertz CT molecular complexity index is 764. The summed E-state index contributed by atoms with van der Waals surface area (Å²) < 4.78 is 15.5. The van der Waals surface area contributed by atoms with Gasteiger partial charge in [0.05, 0.1) is 25.9 Å². The molecule has 7 nitrogen and oxygen atoms in total. The van der Waals surface area contributed by atoms with Gasteiger partial charge in [-0.25, -0.2) is 0 Å². The molecule has 0 heterocycles. The van der Waals surface area contributed by atoms with Crippen LogP contribution in [-0.4, -0.2) is 39.2 Å². The van der Waals surface area contributed by atoms with E-state index in [1.807, 2.05) is 37.3 Å². The van der Waals surface area contributed by atoms with Gasteiger partial charge in [-0.3, -0.25) is 9.59 Å². The fourth-order valence-corrected chi connectivity index (χ4v) is 2.43. The van der Waals surface area contributed by atoms with Gasteiger partial charge >= 0.3 is 0 Å². The van der Waals surface area contributed by atoms with Crippen LogP contribution in [-0.2, 0) is 14.3 Å². The van der Waals surface area contributed by atoms with Gasteiger partial charge in [0.15, 0.2) is 0 Å². The van der Waals surface area contributed by atoms with Gasteiger partial charge in [-0.2, -0.15) is 0 Å². The summed E-state index contributed by atoms with van der Waals surface area (Å²) in [7, 11) is 3.05. The minimum atomic E-state index is -0.387. The van der Waals surface area contributed by atoms with Gasteiger partial charge in [-0.15, -0.1) is 0 Å². The van der Waals surface area contributed by atoms with Crippen molar-refractivity contribution in [3.05, 3.63) is 54.1 Å². The third-order valence-electron chi connectivity index (χ3n) is 3.83. The summed E-state index contributed by atoms with van der Waals surface area (Å²) in [5.41, 5.74) is 1.49. The number of methoxy groups -OCH3 is 2. The summed E-state index contributed by atoms with van der Waals surface area (Å²) in [5.74, 6) is 0.408. The summed E-state index contributed by atoms with van der Waals surface area (Å²) in [6.07, 6.45) is 0. The molecular formula is C20H24N2O5. The van der Waals surface area contributed by atoms with Crippen molar-refractivity contribution in [1.29, 1.82) is 0 Å². The van der Waals surface area contributed by atoms with Gasteiger partial charge in [-0.05, 0) is 24.6 Å². The van der Waals surface area contributed by atoms with Crippen LogP contribution in [0.4, 0.5) is 5.69 Å². The van der Waals surface area contributed by atoms with Gasteiger partial charge in [0.1, 0.15) is 24.7 Å². The van der Waals surface area contributed by atoms with Crippen molar-refractivity contribution in [2.24, 2.45) is 0 Å². The third kappa shape index (κ3) is 6.31. The molecule has 0 aromatic heterocycles. The molecule has 0 saturated carbocycles. The van der Waals surface area contributed by atoms with E-state index in [9.17, 15) is 9.59 Å². The zero-order chi connectivity index (χ0) is 19.6. The fourth-order valence-electron chi connectivity index (χ4n) is 2.43. The number of nitrogens with one attached hydrogen (secondary N) is 2. The van der Waals surface area contributed by atoms with Gasteiger partial charge in [0.2, 0.25) is 11.8 Å². The highest BCUT2D eigenvalue weighted by Crippen LogP contribution is 2.28. The number of anilines is 1. The van der Waals surface area contributed by atoms with Gasteiger partial charge in [0, 0.05) is 6.07 Å².